The molecule has 1 aromatic heterocycles. The van der Waals surface area contributed by atoms with Crippen LogP contribution in [0.2, 0.25) is 5.02 Å². The molecular weight excluding hydrogens is 412 g/mol. The second-order valence-corrected chi connectivity index (χ2v) is 9.71. The first-order valence-corrected chi connectivity index (χ1v) is 11.8. The van der Waals surface area contributed by atoms with Gasteiger partial charge in [0.2, 0.25) is 0 Å². The molecule has 4 rings (SSSR count). The number of thiophene rings is 1. The lowest BCUT2D eigenvalue weighted by Crippen LogP contribution is -3.13. The van der Waals surface area contributed by atoms with Crippen LogP contribution in [0.3, 0.4) is 0 Å². The lowest BCUT2D eigenvalue weighted by Gasteiger charge is -2.33. The summed E-state index contributed by atoms with van der Waals surface area (Å²) in [5, 5.41) is 4.94. The highest BCUT2D eigenvalue weighted by atomic mass is 35.5. The first-order valence-electron chi connectivity index (χ1n) is 10.6. The van der Waals surface area contributed by atoms with Crippen molar-refractivity contribution in [2.24, 2.45) is 0 Å². The SMILES string of the molecule is Cc1sc(NC(=O)c2ccccc2)c([C@@H](c2cccc(Cl)c2)[NH+]2CCCCC2)c1C. The number of anilines is 1. The van der Waals surface area contributed by atoms with Crippen molar-refractivity contribution in [1.29, 1.82) is 0 Å². The van der Waals surface area contributed by atoms with Crippen molar-refractivity contribution >= 4 is 33.8 Å². The molecule has 156 valence electrons. The molecule has 2 heterocycles. The number of likely N-dealkylation sites (tertiary alicyclic amines) is 1. The Morgan fingerprint density at radius 1 is 1.03 bits per heavy atom. The van der Waals surface area contributed by atoms with Crippen molar-refractivity contribution in [2.45, 2.75) is 39.2 Å². The summed E-state index contributed by atoms with van der Waals surface area (Å²) in [5.41, 5.74) is 4.40. The summed E-state index contributed by atoms with van der Waals surface area (Å²) in [5.74, 6) is -0.0587. The molecule has 2 aromatic carbocycles. The van der Waals surface area contributed by atoms with Gasteiger partial charge in [-0.1, -0.05) is 41.9 Å². The van der Waals surface area contributed by atoms with Crippen molar-refractivity contribution in [3.63, 3.8) is 0 Å². The Morgan fingerprint density at radius 3 is 2.47 bits per heavy atom. The molecule has 0 spiro atoms. The van der Waals surface area contributed by atoms with Crippen LogP contribution in [0.1, 0.15) is 57.2 Å². The first-order chi connectivity index (χ1) is 14.5. The van der Waals surface area contributed by atoms with Crippen LogP contribution >= 0.6 is 22.9 Å². The maximum absolute atomic E-state index is 12.9. The average molecular weight is 440 g/mol. The number of aryl methyl sites for hydroxylation is 1. The van der Waals surface area contributed by atoms with Gasteiger partial charge in [0.1, 0.15) is 11.0 Å². The van der Waals surface area contributed by atoms with Crippen LogP contribution in [0.4, 0.5) is 5.00 Å². The second-order valence-electron chi connectivity index (χ2n) is 8.05. The lowest BCUT2D eigenvalue weighted by atomic mass is 9.93. The molecule has 0 aliphatic carbocycles. The number of carbonyl (C=O) groups excluding carboxylic acids is 1. The number of benzene rings is 2. The minimum atomic E-state index is -0.0587. The molecule has 1 amide bonds. The Bertz CT molecular complexity index is 1020. The van der Waals surface area contributed by atoms with Crippen LogP contribution in [0.15, 0.2) is 54.6 Å². The summed E-state index contributed by atoms with van der Waals surface area (Å²) in [7, 11) is 0. The number of quaternary nitrogens is 1. The number of hydrogen-bond donors (Lipinski definition) is 2. The van der Waals surface area contributed by atoms with Gasteiger partial charge in [-0.15, -0.1) is 11.3 Å². The zero-order valence-corrected chi connectivity index (χ0v) is 19.1. The van der Waals surface area contributed by atoms with Gasteiger partial charge in [0, 0.05) is 21.0 Å². The predicted octanol–water partition coefficient (Wildman–Crippen LogP) is 5.43. The molecule has 0 bridgehead atoms. The highest BCUT2D eigenvalue weighted by Gasteiger charge is 2.33. The van der Waals surface area contributed by atoms with E-state index >= 15 is 0 Å². The summed E-state index contributed by atoms with van der Waals surface area (Å²) < 4.78 is 0. The van der Waals surface area contributed by atoms with E-state index in [1.807, 2.05) is 42.5 Å². The number of hydrogen-bond acceptors (Lipinski definition) is 2. The van der Waals surface area contributed by atoms with Crippen molar-refractivity contribution in [1.82, 2.24) is 0 Å². The fraction of sp³-hybridized carbons (Fsp3) is 0.320. The zero-order chi connectivity index (χ0) is 21.1. The van der Waals surface area contributed by atoms with E-state index in [4.69, 9.17) is 11.6 Å². The summed E-state index contributed by atoms with van der Waals surface area (Å²) in [6.07, 6.45) is 3.77. The van der Waals surface area contributed by atoms with Gasteiger partial charge in [0.15, 0.2) is 0 Å². The van der Waals surface area contributed by atoms with E-state index in [1.165, 1.54) is 40.8 Å². The molecule has 5 heteroatoms. The fourth-order valence-corrected chi connectivity index (χ4v) is 5.73. The van der Waals surface area contributed by atoms with Crippen LogP contribution in [0.25, 0.3) is 0 Å². The maximum Gasteiger partial charge on any atom is 0.256 e. The summed E-state index contributed by atoms with van der Waals surface area (Å²) in [6.45, 7) is 6.59. The predicted molar refractivity (Wildman–Crippen MR) is 126 cm³/mol. The van der Waals surface area contributed by atoms with Crippen LogP contribution in [0.5, 0.6) is 0 Å². The standard InChI is InChI=1S/C25H27ClN2OS/c1-17-18(2)30-25(27-24(29)19-10-5-3-6-11-19)22(17)23(28-14-7-4-8-15-28)20-12-9-13-21(26)16-20/h3,5-6,9-13,16,23H,4,7-8,14-15H2,1-2H3,(H,27,29)/p+1/t23-/m1/s1. The van der Waals surface area contributed by atoms with Gasteiger partial charge in [0.05, 0.1) is 18.7 Å². The van der Waals surface area contributed by atoms with Crippen molar-refractivity contribution in [2.75, 3.05) is 18.4 Å². The van der Waals surface area contributed by atoms with E-state index in [9.17, 15) is 4.79 Å². The molecule has 3 aromatic rings. The van der Waals surface area contributed by atoms with Crippen molar-refractivity contribution in [3.05, 3.63) is 86.8 Å². The number of rotatable bonds is 5. The Hall–Kier alpha value is -2.14. The molecule has 1 aliphatic heterocycles. The minimum Gasteiger partial charge on any atom is -0.325 e. The summed E-state index contributed by atoms with van der Waals surface area (Å²) in [4.78, 5) is 15.7. The normalized spacial score (nSPS) is 15.7. The third-order valence-corrected chi connectivity index (χ3v) is 7.44. The van der Waals surface area contributed by atoms with E-state index in [0.717, 1.165) is 23.1 Å². The third-order valence-electron chi connectivity index (χ3n) is 6.07. The van der Waals surface area contributed by atoms with Crippen LogP contribution in [-0.4, -0.2) is 19.0 Å². The molecule has 1 atom stereocenters. The number of nitrogens with one attached hydrogen (secondary N) is 2. The molecule has 3 nitrogen and oxygen atoms in total. The van der Waals surface area contributed by atoms with Crippen molar-refractivity contribution < 1.29 is 9.69 Å². The molecule has 30 heavy (non-hydrogen) atoms. The van der Waals surface area contributed by atoms with Crippen LogP contribution in [-0.2, 0) is 0 Å². The molecule has 0 unspecified atom stereocenters. The van der Waals surface area contributed by atoms with Gasteiger partial charge in [-0.3, -0.25) is 4.79 Å². The van der Waals surface area contributed by atoms with Gasteiger partial charge >= 0.3 is 0 Å². The third kappa shape index (κ3) is 4.46. The zero-order valence-electron chi connectivity index (χ0n) is 17.5. The molecule has 2 N–H and O–H groups in total. The van der Waals surface area contributed by atoms with Gasteiger partial charge in [-0.2, -0.15) is 0 Å². The summed E-state index contributed by atoms with van der Waals surface area (Å²) >= 11 is 8.06. The van der Waals surface area contributed by atoms with Gasteiger partial charge in [-0.05, 0) is 62.9 Å². The van der Waals surface area contributed by atoms with Gasteiger partial charge in [0.25, 0.3) is 5.91 Å². The molecule has 0 radical (unpaired) electrons. The van der Waals surface area contributed by atoms with Crippen LogP contribution in [0, 0.1) is 13.8 Å². The number of amides is 1. The molecular formula is C25H28ClN2OS+. The Kier molecular flexibility index (Phi) is 6.57. The second kappa shape index (κ2) is 9.34. The van der Waals surface area contributed by atoms with E-state index in [0.29, 0.717) is 5.56 Å². The molecule has 1 aliphatic rings. The van der Waals surface area contributed by atoms with Crippen LogP contribution < -0.4 is 10.2 Å². The van der Waals surface area contributed by atoms with E-state index < -0.39 is 0 Å². The smallest absolute Gasteiger partial charge is 0.256 e. The fourth-order valence-electron chi connectivity index (χ4n) is 4.44. The van der Waals surface area contributed by atoms with Crippen molar-refractivity contribution in [3.8, 4) is 0 Å². The minimum absolute atomic E-state index is 0.0587. The highest BCUT2D eigenvalue weighted by Crippen LogP contribution is 2.39. The Labute approximate surface area is 187 Å². The number of carbonyl (C=O) groups is 1. The number of halogens is 1. The Balaban J connectivity index is 1.77. The largest absolute Gasteiger partial charge is 0.325 e. The highest BCUT2D eigenvalue weighted by molar-refractivity contribution is 7.16. The van der Waals surface area contributed by atoms with E-state index in [-0.39, 0.29) is 11.9 Å². The number of piperidine rings is 1. The first kappa shape index (κ1) is 21.1. The quantitative estimate of drug-likeness (QED) is 0.546. The molecule has 0 saturated carbocycles. The molecule has 1 saturated heterocycles. The topological polar surface area (TPSA) is 33.5 Å². The van der Waals surface area contributed by atoms with Gasteiger partial charge in [-0.25, -0.2) is 0 Å². The summed E-state index contributed by atoms with van der Waals surface area (Å²) in [6, 6.07) is 17.8. The maximum atomic E-state index is 12.9. The Morgan fingerprint density at radius 2 is 1.77 bits per heavy atom. The van der Waals surface area contributed by atoms with Gasteiger partial charge < -0.3 is 10.2 Å². The van der Waals surface area contributed by atoms with E-state index in [2.05, 4.69) is 31.3 Å². The monoisotopic (exact) mass is 439 g/mol. The van der Waals surface area contributed by atoms with E-state index in [1.54, 1.807) is 16.2 Å². The lowest BCUT2D eigenvalue weighted by molar-refractivity contribution is -0.930. The molecule has 1 fully saturated rings. The average Bonchev–Trinajstić information content (AvgIpc) is 3.03.